The van der Waals surface area contributed by atoms with Gasteiger partial charge in [-0.25, -0.2) is 18.7 Å². The molecule has 3 aromatic carbocycles. The summed E-state index contributed by atoms with van der Waals surface area (Å²) in [5, 5.41) is 12.2. The van der Waals surface area contributed by atoms with Crippen molar-refractivity contribution in [2.75, 3.05) is 0 Å². The van der Waals surface area contributed by atoms with Crippen LogP contribution in [0.3, 0.4) is 0 Å². The zero-order chi connectivity index (χ0) is 41.3. The van der Waals surface area contributed by atoms with Crippen LogP contribution >= 0.6 is 11.3 Å². The Labute approximate surface area is 332 Å². The van der Waals surface area contributed by atoms with E-state index in [0.29, 0.717) is 61.4 Å². The zero-order valence-corrected chi connectivity index (χ0v) is 31.3. The standard InChI is InChI=1S/C41H28F7N7O3S/c1-16-30-31-34(41(46,47)48)54-55(35(31)40(44,45)32(16)30)15-29(56)51-27(8-17-6-22(42)11-23(43)7-17)33-24(18-2-4-20-13-49-37(57)25(20)9-18)12-28-36(52-33)53-39(59-28)19-3-5-21-14-50-38(58)26(21)10-19/h2-7,9-12,16,27,30,32H,8,13-15H2,1H3,(H,49,57)(H,50,58)(H,51,56)/t16-,27+,30?,32?/m1/s1. The van der Waals surface area contributed by atoms with E-state index in [0.717, 1.165) is 23.3 Å². The van der Waals surface area contributed by atoms with Crippen LogP contribution in [0.1, 0.15) is 78.9 Å². The van der Waals surface area contributed by atoms with Crippen molar-refractivity contribution in [3.8, 4) is 21.7 Å². The third kappa shape index (κ3) is 6.05. The van der Waals surface area contributed by atoms with Gasteiger partial charge in [-0.3, -0.25) is 19.1 Å². The van der Waals surface area contributed by atoms with Crippen molar-refractivity contribution in [1.82, 2.24) is 35.7 Å². The molecule has 0 bridgehead atoms. The van der Waals surface area contributed by atoms with Crippen LogP contribution in [0, 0.1) is 23.5 Å². The Hall–Kier alpha value is -6.17. The number of thiazole rings is 1. The number of rotatable bonds is 8. The van der Waals surface area contributed by atoms with Crippen LogP contribution < -0.4 is 16.0 Å². The van der Waals surface area contributed by atoms with E-state index in [9.17, 15) is 36.3 Å². The van der Waals surface area contributed by atoms with Gasteiger partial charge in [0, 0.05) is 58.8 Å². The second-order valence-electron chi connectivity index (χ2n) is 15.3. The van der Waals surface area contributed by atoms with Gasteiger partial charge in [-0.05, 0) is 64.9 Å². The Morgan fingerprint density at radius 1 is 0.915 bits per heavy atom. The molecule has 300 valence electrons. The molecule has 4 atom stereocenters. The molecule has 3 aromatic heterocycles. The van der Waals surface area contributed by atoms with Crippen LogP contribution in [0.25, 0.3) is 32.0 Å². The van der Waals surface area contributed by atoms with Gasteiger partial charge in [0.1, 0.15) is 28.9 Å². The van der Waals surface area contributed by atoms with E-state index in [-0.39, 0.29) is 35.1 Å². The molecule has 0 saturated heterocycles. The Morgan fingerprint density at radius 2 is 1.56 bits per heavy atom. The molecule has 2 unspecified atom stereocenters. The number of pyridine rings is 1. The van der Waals surface area contributed by atoms with Crippen molar-refractivity contribution in [3.05, 3.63) is 123 Å². The number of carbonyl (C=O) groups is 3. The minimum Gasteiger partial charge on any atom is -0.348 e. The number of nitrogens with one attached hydrogen (secondary N) is 3. The molecular formula is C41H28F7N7O3S. The number of carbonyl (C=O) groups excluding carboxylic acids is 3. The van der Waals surface area contributed by atoms with Crippen LogP contribution in [0.2, 0.25) is 0 Å². The molecule has 10 rings (SSSR count). The Morgan fingerprint density at radius 3 is 2.22 bits per heavy atom. The normalized spacial score (nSPS) is 20.2. The lowest BCUT2D eigenvalue weighted by Gasteiger charge is -2.23. The van der Waals surface area contributed by atoms with Crippen molar-refractivity contribution >= 4 is 39.4 Å². The first-order chi connectivity index (χ1) is 28.0. The van der Waals surface area contributed by atoms with Crippen molar-refractivity contribution in [2.45, 2.75) is 57.0 Å². The van der Waals surface area contributed by atoms with Crippen LogP contribution in [0.4, 0.5) is 30.7 Å². The quantitative estimate of drug-likeness (QED) is 0.136. The number of benzene rings is 3. The van der Waals surface area contributed by atoms with Gasteiger partial charge in [-0.1, -0.05) is 31.2 Å². The van der Waals surface area contributed by atoms with Gasteiger partial charge < -0.3 is 16.0 Å². The van der Waals surface area contributed by atoms with Gasteiger partial charge in [-0.2, -0.15) is 27.1 Å². The molecule has 1 saturated carbocycles. The SMILES string of the molecule is C[C@@H]1C2c3c(C(F)(F)F)nn(CC(=O)N[C@@H](Cc4cc(F)cc(F)c4)c4nc5nc(-c6ccc7c(c6)C(=O)NC7)sc5cc4-c4ccc5c(c4)C(=O)NC5)c3C(F)(F)C21. The van der Waals surface area contributed by atoms with Gasteiger partial charge in [0.15, 0.2) is 11.3 Å². The molecule has 0 spiro atoms. The van der Waals surface area contributed by atoms with Crippen molar-refractivity contribution in [3.63, 3.8) is 0 Å². The van der Waals surface area contributed by atoms with E-state index in [2.05, 4.69) is 21.0 Å². The topological polar surface area (TPSA) is 131 Å². The molecule has 0 radical (unpaired) electrons. The average molecular weight is 832 g/mol. The molecule has 1 fully saturated rings. The van der Waals surface area contributed by atoms with Crippen LogP contribution in [-0.2, 0) is 42.9 Å². The predicted octanol–water partition coefficient (Wildman–Crippen LogP) is 7.56. The fraction of sp³-hybridized carbons (Fsp3) is 0.268. The van der Waals surface area contributed by atoms with Crippen molar-refractivity contribution < 1.29 is 45.1 Å². The third-order valence-electron chi connectivity index (χ3n) is 11.6. The van der Waals surface area contributed by atoms with E-state index in [1.165, 1.54) is 18.3 Å². The first-order valence-corrected chi connectivity index (χ1v) is 19.3. The van der Waals surface area contributed by atoms with Crippen LogP contribution in [0.15, 0.2) is 60.7 Å². The summed E-state index contributed by atoms with van der Waals surface area (Å²) in [5.74, 6) is -10.2. The maximum absolute atomic E-state index is 15.7. The molecule has 2 aliphatic carbocycles. The number of alkyl halides is 5. The summed E-state index contributed by atoms with van der Waals surface area (Å²) in [5.41, 5.74) is 1.16. The molecule has 2 aliphatic heterocycles. The highest BCUT2D eigenvalue weighted by atomic mass is 32.1. The predicted molar refractivity (Wildman–Crippen MR) is 198 cm³/mol. The maximum atomic E-state index is 15.7. The minimum atomic E-state index is -5.07. The summed E-state index contributed by atoms with van der Waals surface area (Å²) in [6.07, 6.45) is -5.39. The minimum absolute atomic E-state index is 0.0595. The maximum Gasteiger partial charge on any atom is 0.435 e. The van der Waals surface area contributed by atoms with Gasteiger partial charge in [0.25, 0.3) is 17.7 Å². The fourth-order valence-electron chi connectivity index (χ4n) is 8.87. The van der Waals surface area contributed by atoms with Gasteiger partial charge >= 0.3 is 6.18 Å². The average Bonchev–Trinajstić information content (AvgIpc) is 3.70. The number of hydrogen-bond acceptors (Lipinski definition) is 7. The molecule has 3 N–H and O–H groups in total. The number of amides is 3. The first kappa shape index (κ1) is 37.1. The number of aromatic nitrogens is 4. The third-order valence-corrected chi connectivity index (χ3v) is 12.6. The highest BCUT2D eigenvalue weighted by molar-refractivity contribution is 7.21. The summed E-state index contributed by atoms with van der Waals surface area (Å²) < 4.78 is 104. The molecule has 6 aromatic rings. The molecule has 5 heterocycles. The number of fused-ring (bicyclic) bond motifs is 6. The van der Waals surface area contributed by atoms with E-state index < -0.39 is 76.9 Å². The molecular weight excluding hydrogens is 804 g/mol. The van der Waals surface area contributed by atoms with Crippen molar-refractivity contribution in [2.24, 2.45) is 11.8 Å². The number of halogens is 7. The second kappa shape index (κ2) is 12.9. The molecule has 3 amide bonds. The second-order valence-corrected chi connectivity index (χ2v) is 16.3. The summed E-state index contributed by atoms with van der Waals surface area (Å²) in [6.45, 7) is 1.09. The highest BCUT2D eigenvalue weighted by Gasteiger charge is 2.72. The monoisotopic (exact) mass is 831 g/mol. The lowest BCUT2D eigenvalue weighted by atomic mass is 9.93. The summed E-state index contributed by atoms with van der Waals surface area (Å²) in [6, 6.07) is 13.6. The molecule has 4 aliphatic rings. The van der Waals surface area contributed by atoms with E-state index in [4.69, 9.17) is 9.97 Å². The van der Waals surface area contributed by atoms with Gasteiger partial charge in [0.2, 0.25) is 5.91 Å². The molecule has 18 heteroatoms. The van der Waals surface area contributed by atoms with Crippen LogP contribution in [0.5, 0.6) is 0 Å². The van der Waals surface area contributed by atoms with E-state index >= 15 is 8.78 Å². The van der Waals surface area contributed by atoms with Crippen LogP contribution in [-0.4, -0.2) is 37.5 Å². The molecule has 59 heavy (non-hydrogen) atoms. The fourth-order valence-corrected chi connectivity index (χ4v) is 9.81. The van der Waals surface area contributed by atoms with Gasteiger partial charge in [-0.15, -0.1) is 11.3 Å². The molecule has 10 nitrogen and oxygen atoms in total. The van der Waals surface area contributed by atoms with Crippen molar-refractivity contribution in [1.29, 1.82) is 0 Å². The Bertz CT molecular complexity index is 2820. The summed E-state index contributed by atoms with van der Waals surface area (Å²) in [4.78, 5) is 48.8. The van der Waals surface area contributed by atoms with E-state index in [1.54, 1.807) is 30.3 Å². The van der Waals surface area contributed by atoms with E-state index in [1.807, 2.05) is 12.1 Å². The number of hydrogen-bond donors (Lipinski definition) is 3. The summed E-state index contributed by atoms with van der Waals surface area (Å²) >= 11 is 1.25. The highest BCUT2D eigenvalue weighted by Crippen LogP contribution is 2.71. The first-order valence-electron chi connectivity index (χ1n) is 18.5. The summed E-state index contributed by atoms with van der Waals surface area (Å²) in [7, 11) is 0. The lowest BCUT2D eigenvalue weighted by molar-refractivity contribution is -0.142. The Kier molecular flexibility index (Phi) is 8.13. The van der Waals surface area contributed by atoms with Gasteiger partial charge in [0.05, 0.1) is 16.4 Å². The largest absolute Gasteiger partial charge is 0.435 e. The number of nitrogens with zero attached hydrogens (tertiary/aromatic N) is 4. The zero-order valence-electron chi connectivity index (χ0n) is 30.5. The lowest BCUT2D eigenvalue weighted by Crippen LogP contribution is -2.35. The smallest absolute Gasteiger partial charge is 0.348 e. The Balaban J connectivity index is 1.10.